The molecule has 0 spiro atoms. The van der Waals surface area contributed by atoms with Crippen LogP contribution in [0.4, 0.5) is 5.69 Å². The fourth-order valence-electron chi connectivity index (χ4n) is 2.07. The largest absolute Gasteiger partial charge is 0.494 e. The van der Waals surface area contributed by atoms with Crippen molar-refractivity contribution in [3.8, 4) is 5.75 Å². The Bertz CT molecular complexity index is 332. The third-order valence-corrected chi connectivity index (χ3v) is 3.29. The lowest BCUT2D eigenvalue weighted by molar-refractivity contribution is 0.304. The van der Waals surface area contributed by atoms with Crippen molar-refractivity contribution >= 4 is 12.4 Å². The van der Waals surface area contributed by atoms with E-state index in [1.165, 1.54) is 44.9 Å². The molecule has 0 aliphatic carbocycles. The summed E-state index contributed by atoms with van der Waals surface area (Å²) in [7, 11) is 0. The molecule has 0 aliphatic heterocycles. The van der Waals surface area contributed by atoms with Gasteiger partial charge in [-0.3, -0.25) is 4.99 Å². The number of rotatable bonds is 11. The quantitative estimate of drug-likeness (QED) is 0.378. The number of benzene rings is 1. The molecule has 19 heavy (non-hydrogen) atoms. The van der Waals surface area contributed by atoms with Crippen molar-refractivity contribution in [2.75, 3.05) is 6.61 Å². The smallest absolute Gasteiger partial charge is 0.119 e. The van der Waals surface area contributed by atoms with Crippen LogP contribution in [-0.4, -0.2) is 13.3 Å². The van der Waals surface area contributed by atoms with Gasteiger partial charge in [-0.05, 0) is 37.4 Å². The van der Waals surface area contributed by atoms with Gasteiger partial charge in [-0.2, -0.15) is 0 Å². The van der Waals surface area contributed by atoms with Crippen LogP contribution in [-0.2, 0) is 0 Å². The molecular formula is C17H27NO. The van der Waals surface area contributed by atoms with Crippen LogP contribution in [0.25, 0.3) is 0 Å². The SMILES string of the molecule is C=Nc1ccc(OCCCCCCCCCC)cc1. The van der Waals surface area contributed by atoms with Crippen molar-refractivity contribution in [1.29, 1.82) is 0 Å². The molecule has 0 radical (unpaired) electrons. The van der Waals surface area contributed by atoms with Gasteiger partial charge < -0.3 is 4.74 Å². The lowest BCUT2D eigenvalue weighted by Crippen LogP contribution is -1.96. The molecule has 106 valence electrons. The molecule has 1 aromatic carbocycles. The molecule has 2 nitrogen and oxygen atoms in total. The van der Waals surface area contributed by atoms with E-state index in [-0.39, 0.29) is 0 Å². The second-order valence-electron chi connectivity index (χ2n) is 4.98. The molecular weight excluding hydrogens is 234 g/mol. The van der Waals surface area contributed by atoms with Crippen LogP contribution in [0.15, 0.2) is 29.3 Å². The Hall–Kier alpha value is -1.31. The number of ether oxygens (including phenoxy) is 1. The predicted octanol–water partition coefficient (Wildman–Crippen LogP) is 5.54. The molecule has 2 heteroatoms. The molecule has 0 saturated carbocycles. The summed E-state index contributed by atoms with van der Waals surface area (Å²) in [6.07, 6.45) is 10.6. The fraction of sp³-hybridized carbons (Fsp3) is 0.588. The van der Waals surface area contributed by atoms with E-state index < -0.39 is 0 Å². The van der Waals surface area contributed by atoms with Crippen molar-refractivity contribution in [3.05, 3.63) is 24.3 Å². The summed E-state index contributed by atoms with van der Waals surface area (Å²) in [4.78, 5) is 3.86. The van der Waals surface area contributed by atoms with Gasteiger partial charge in [0.05, 0.1) is 12.3 Å². The highest BCUT2D eigenvalue weighted by Crippen LogP contribution is 2.17. The summed E-state index contributed by atoms with van der Waals surface area (Å²) < 4.78 is 5.69. The normalized spacial score (nSPS) is 10.4. The third-order valence-electron chi connectivity index (χ3n) is 3.29. The van der Waals surface area contributed by atoms with E-state index in [0.717, 1.165) is 24.5 Å². The van der Waals surface area contributed by atoms with Crippen LogP contribution in [0.3, 0.4) is 0 Å². The van der Waals surface area contributed by atoms with Gasteiger partial charge in [-0.25, -0.2) is 0 Å². The average Bonchev–Trinajstić information content (AvgIpc) is 2.46. The van der Waals surface area contributed by atoms with Crippen LogP contribution in [0, 0.1) is 0 Å². The minimum absolute atomic E-state index is 0.815. The van der Waals surface area contributed by atoms with Crippen molar-refractivity contribution in [3.63, 3.8) is 0 Å². The van der Waals surface area contributed by atoms with Gasteiger partial charge in [0.25, 0.3) is 0 Å². The van der Waals surface area contributed by atoms with Gasteiger partial charge >= 0.3 is 0 Å². The van der Waals surface area contributed by atoms with Crippen molar-refractivity contribution in [2.45, 2.75) is 58.3 Å². The zero-order valence-electron chi connectivity index (χ0n) is 12.2. The Labute approximate surface area is 117 Å². The maximum Gasteiger partial charge on any atom is 0.119 e. The minimum atomic E-state index is 0.815. The molecule has 0 N–H and O–H groups in total. The monoisotopic (exact) mass is 261 g/mol. The Morgan fingerprint density at radius 3 is 2.05 bits per heavy atom. The molecule has 1 rings (SSSR count). The second-order valence-corrected chi connectivity index (χ2v) is 4.98. The van der Waals surface area contributed by atoms with Gasteiger partial charge in [-0.1, -0.05) is 51.9 Å². The van der Waals surface area contributed by atoms with E-state index in [4.69, 9.17) is 4.74 Å². The summed E-state index contributed by atoms with van der Waals surface area (Å²) in [5.74, 6) is 0.926. The first-order valence-electron chi connectivity index (χ1n) is 7.56. The second kappa shape index (κ2) is 10.6. The summed E-state index contributed by atoms with van der Waals surface area (Å²) in [5, 5.41) is 0. The molecule has 0 bridgehead atoms. The van der Waals surface area contributed by atoms with Gasteiger partial charge in [0.2, 0.25) is 0 Å². The highest BCUT2D eigenvalue weighted by atomic mass is 16.5. The van der Waals surface area contributed by atoms with Gasteiger partial charge in [0, 0.05) is 0 Å². The molecule has 0 atom stereocenters. The lowest BCUT2D eigenvalue weighted by atomic mass is 10.1. The lowest BCUT2D eigenvalue weighted by Gasteiger charge is -2.06. The summed E-state index contributed by atoms with van der Waals surface area (Å²) in [6.45, 7) is 6.57. The highest BCUT2D eigenvalue weighted by Gasteiger charge is 1.95. The van der Waals surface area contributed by atoms with Crippen LogP contribution in [0.1, 0.15) is 58.3 Å². The number of hydrogen-bond donors (Lipinski definition) is 0. The molecule has 0 fully saturated rings. The Balaban J connectivity index is 1.96. The molecule has 0 aliphatic rings. The van der Waals surface area contributed by atoms with Crippen LogP contribution in [0.2, 0.25) is 0 Å². The highest BCUT2D eigenvalue weighted by molar-refractivity contribution is 5.47. The Kier molecular flexibility index (Phi) is 8.78. The minimum Gasteiger partial charge on any atom is -0.494 e. The van der Waals surface area contributed by atoms with Crippen molar-refractivity contribution in [1.82, 2.24) is 0 Å². The maximum absolute atomic E-state index is 5.69. The van der Waals surface area contributed by atoms with Gasteiger partial charge in [0.15, 0.2) is 0 Å². The number of hydrogen-bond acceptors (Lipinski definition) is 2. The Morgan fingerprint density at radius 1 is 0.895 bits per heavy atom. The van der Waals surface area contributed by atoms with E-state index >= 15 is 0 Å². The maximum atomic E-state index is 5.69. The molecule has 0 aromatic heterocycles. The first kappa shape index (κ1) is 15.7. The van der Waals surface area contributed by atoms with Crippen molar-refractivity contribution in [2.24, 2.45) is 4.99 Å². The predicted molar refractivity (Wildman–Crippen MR) is 83.8 cm³/mol. The zero-order chi connectivity index (χ0) is 13.8. The topological polar surface area (TPSA) is 21.6 Å². The first-order chi connectivity index (χ1) is 9.36. The summed E-state index contributed by atoms with van der Waals surface area (Å²) in [6, 6.07) is 7.76. The van der Waals surface area contributed by atoms with Crippen LogP contribution >= 0.6 is 0 Å². The fourth-order valence-corrected chi connectivity index (χ4v) is 2.07. The van der Waals surface area contributed by atoms with Crippen LogP contribution < -0.4 is 4.74 Å². The van der Waals surface area contributed by atoms with Gasteiger partial charge in [0.1, 0.15) is 5.75 Å². The van der Waals surface area contributed by atoms with E-state index in [2.05, 4.69) is 18.6 Å². The van der Waals surface area contributed by atoms with Crippen LogP contribution in [0.5, 0.6) is 5.75 Å². The molecule has 0 saturated heterocycles. The standard InChI is InChI=1S/C17H27NO/c1-3-4-5-6-7-8-9-10-15-19-17-13-11-16(18-2)12-14-17/h11-14H,2-10,15H2,1H3. The number of unbranched alkanes of at least 4 members (excludes halogenated alkanes) is 7. The molecule has 1 aromatic rings. The van der Waals surface area contributed by atoms with Crippen molar-refractivity contribution < 1.29 is 4.74 Å². The van der Waals surface area contributed by atoms with E-state index in [1.807, 2.05) is 24.3 Å². The Morgan fingerprint density at radius 2 is 1.47 bits per heavy atom. The first-order valence-corrected chi connectivity index (χ1v) is 7.56. The molecule has 0 heterocycles. The number of aliphatic imine (C=N–C) groups is 1. The van der Waals surface area contributed by atoms with E-state index in [1.54, 1.807) is 0 Å². The zero-order valence-corrected chi connectivity index (χ0v) is 12.2. The van der Waals surface area contributed by atoms with E-state index in [0.29, 0.717) is 0 Å². The molecule has 0 unspecified atom stereocenters. The average molecular weight is 261 g/mol. The summed E-state index contributed by atoms with van der Waals surface area (Å²) >= 11 is 0. The summed E-state index contributed by atoms with van der Waals surface area (Å²) in [5.41, 5.74) is 0.888. The third kappa shape index (κ3) is 7.66. The molecule has 0 amide bonds. The number of nitrogens with zero attached hydrogens (tertiary/aromatic N) is 1. The van der Waals surface area contributed by atoms with Gasteiger partial charge in [-0.15, -0.1) is 0 Å². The van der Waals surface area contributed by atoms with E-state index in [9.17, 15) is 0 Å².